The van der Waals surface area contributed by atoms with Gasteiger partial charge < -0.3 is 9.84 Å². The van der Waals surface area contributed by atoms with E-state index in [-0.39, 0.29) is 12.2 Å². The summed E-state index contributed by atoms with van der Waals surface area (Å²) in [4.78, 5) is 13.8. The standard InChI is InChI=1S/C20H23NO3/c1-14-11-21(12-15(2)24-14)13-16-7-9-17(10-8-16)18-5-3-4-6-19(18)20(22)23/h3-10,14-15H,11-13H2,1-2H3,(H,22,23)/t14-,15+. The number of aromatic carboxylic acids is 1. The molecule has 0 radical (unpaired) electrons. The van der Waals surface area contributed by atoms with Crippen LogP contribution in [-0.4, -0.2) is 41.3 Å². The molecule has 1 aliphatic heterocycles. The number of hydrogen-bond acceptors (Lipinski definition) is 3. The van der Waals surface area contributed by atoms with Crippen molar-refractivity contribution in [2.75, 3.05) is 13.1 Å². The summed E-state index contributed by atoms with van der Waals surface area (Å²) in [7, 11) is 0. The summed E-state index contributed by atoms with van der Waals surface area (Å²) in [5, 5.41) is 9.33. The molecule has 0 amide bonds. The van der Waals surface area contributed by atoms with Crippen LogP contribution in [0.3, 0.4) is 0 Å². The number of nitrogens with zero attached hydrogens (tertiary/aromatic N) is 1. The molecule has 2 aromatic rings. The molecule has 1 fully saturated rings. The number of hydrogen-bond donors (Lipinski definition) is 1. The molecule has 0 bridgehead atoms. The Kier molecular flexibility index (Phi) is 4.97. The monoisotopic (exact) mass is 325 g/mol. The van der Waals surface area contributed by atoms with Crippen LogP contribution >= 0.6 is 0 Å². The number of rotatable bonds is 4. The second kappa shape index (κ2) is 7.16. The predicted molar refractivity (Wildman–Crippen MR) is 94.1 cm³/mol. The normalized spacial score (nSPS) is 21.6. The van der Waals surface area contributed by atoms with Crippen molar-refractivity contribution in [1.29, 1.82) is 0 Å². The van der Waals surface area contributed by atoms with Crippen LogP contribution in [0.5, 0.6) is 0 Å². The van der Waals surface area contributed by atoms with Gasteiger partial charge in [0.05, 0.1) is 17.8 Å². The maximum atomic E-state index is 11.4. The van der Waals surface area contributed by atoms with Gasteiger partial charge in [-0.1, -0.05) is 42.5 Å². The van der Waals surface area contributed by atoms with E-state index in [4.69, 9.17) is 4.74 Å². The van der Waals surface area contributed by atoms with E-state index in [1.807, 2.05) is 24.3 Å². The van der Waals surface area contributed by atoms with Crippen LogP contribution in [0.15, 0.2) is 48.5 Å². The van der Waals surface area contributed by atoms with Crippen molar-refractivity contribution in [2.24, 2.45) is 0 Å². The van der Waals surface area contributed by atoms with Gasteiger partial charge in [0, 0.05) is 19.6 Å². The van der Waals surface area contributed by atoms with E-state index < -0.39 is 5.97 Å². The number of ether oxygens (including phenoxy) is 1. The average molecular weight is 325 g/mol. The van der Waals surface area contributed by atoms with Gasteiger partial charge in [-0.25, -0.2) is 4.79 Å². The van der Waals surface area contributed by atoms with Crippen LogP contribution in [0.2, 0.25) is 0 Å². The van der Waals surface area contributed by atoms with Gasteiger partial charge in [-0.05, 0) is 36.6 Å². The molecule has 1 heterocycles. The zero-order valence-electron chi connectivity index (χ0n) is 14.1. The lowest BCUT2D eigenvalue weighted by Gasteiger charge is -2.35. The Labute approximate surface area is 142 Å². The van der Waals surface area contributed by atoms with Crippen molar-refractivity contribution in [3.8, 4) is 11.1 Å². The maximum Gasteiger partial charge on any atom is 0.336 e. The number of morpholine rings is 1. The van der Waals surface area contributed by atoms with Crippen molar-refractivity contribution < 1.29 is 14.6 Å². The van der Waals surface area contributed by atoms with Gasteiger partial charge >= 0.3 is 5.97 Å². The van der Waals surface area contributed by atoms with E-state index in [0.717, 1.165) is 30.8 Å². The third-order valence-electron chi connectivity index (χ3n) is 4.32. The van der Waals surface area contributed by atoms with Crippen LogP contribution in [0.4, 0.5) is 0 Å². The Hall–Kier alpha value is -2.17. The lowest BCUT2D eigenvalue weighted by molar-refractivity contribution is -0.0704. The van der Waals surface area contributed by atoms with Gasteiger partial charge in [-0.3, -0.25) is 4.90 Å². The fraction of sp³-hybridized carbons (Fsp3) is 0.350. The molecular formula is C20H23NO3. The topological polar surface area (TPSA) is 49.8 Å². The van der Waals surface area contributed by atoms with Gasteiger partial charge in [0.2, 0.25) is 0 Å². The van der Waals surface area contributed by atoms with E-state index in [1.165, 1.54) is 5.56 Å². The minimum atomic E-state index is -0.897. The first-order chi connectivity index (χ1) is 11.5. The van der Waals surface area contributed by atoms with Crippen LogP contribution in [0, 0.1) is 0 Å². The van der Waals surface area contributed by atoms with E-state index in [2.05, 4.69) is 30.9 Å². The minimum Gasteiger partial charge on any atom is -0.478 e. The van der Waals surface area contributed by atoms with E-state index in [0.29, 0.717) is 5.56 Å². The molecule has 24 heavy (non-hydrogen) atoms. The molecular weight excluding hydrogens is 302 g/mol. The highest BCUT2D eigenvalue weighted by Crippen LogP contribution is 2.24. The lowest BCUT2D eigenvalue weighted by Crippen LogP contribution is -2.44. The van der Waals surface area contributed by atoms with Gasteiger partial charge in [0.1, 0.15) is 0 Å². The SMILES string of the molecule is C[C@@H]1CN(Cc2ccc(-c3ccccc3C(=O)O)cc2)C[C@H](C)O1. The molecule has 0 spiro atoms. The molecule has 1 N–H and O–H groups in total. The fourth-order valence-electron chi connectivity index (χ4n) is 3.38. The molecule has 2 atom stereocenters. The number of carboxylic acid groups (broad SMARTS) is 1. The molecule has 4 nitrogen and oxygen atoms in total. The van der Waals surface area contributed by atoms with E-state index in [9.17, 15) is 9.90 Å². The molecule has 1 saturated heterocycles. The number of carboxylic acids is 1. The van der Waals surface area contributed by atoms with Crippen LogP contribution in [-0.2, 0) is 11.3 Å². The van der Waals surface area contributed by atoms with Gasteiger partial charge in [0.15, 0.2) is 0 Å². The van der Waals surface area contributed by atoms with Crippen molar-refractivity contribution >= 4 is 5.97 Å². The van der Waals surface area contributed by atoms with Crippen molar-refractivity contribution in [3.05, 3.63) is 59.7 Å². The summed E-state index contributed by atoms with van der Waals surface area (Å²) >= 11 is 0. The summed E-state index contributed by atoms with van der Waals surface area (Å²) < 4.78 is 5.77. The zero-order chi connectivity index (χ0) is 17.1. The smallest absolute Gasteiger partial charge is 0.336 e. The highest BCUT2D eigenvalue weighted by molar-refractivity contribution is 5.95. The van der Waals surface area contributed by atoms with Gasteiger partial charge in [-0.15, -0.1) is 0 Å². The van der Waals surface area contributed by atoms with Crippen molar-refractivity contribution in [2.45, 2.75) is 32.6 Å². The summed E-state index contributed by atoms with van der Waals surface area (Å²) in [6.07, 6.45) is 0.519. The van der Waals surface area contributed by atoms with Crippen molar-refractivity contribution in [3.63, 3.8) is 0 Å². The fourth-order valence-corrected chi connectivity index (χ4v) is 3.38. The Morgan fingerprint density at radius 2 is 1.71 bits per heavy atom. The van der Waals surface area contributed by atoms with Crippen LogP contribution < -0.4 is 0 Å². The number of benzene rings is 2. The van der Waals surface area contributed by atoms with E-state index >= 15 is 0 Å². The zero-order valence-corrected chi connectivity index (χ0v) is 14.1. The first-order valence-electron chi connectivity index (χ1n) is 8.32. The second-order valence-corrected chi connectivity index (χ2v) is 6.50. The highest BCUT2D eigenvalue weighted by Gasteiger charge is 2.22. The third-order valence-corrected chi connectivity index (χ3v) is 4.32. The molecule has 0 unspecified atom stereocenters. The van der Waals surface area contributed by atoms with Gasteiger partial charge in [-0.2, -0.15) is 0 Å². The average Bonchev–Trinajstić information content (AvgIpc) is 2.54. The quantitative estimate of drug-likeness (QED) is 0.932. The lowest BCUT2D eigenvalue weighted by atomic mass is 9.98. The molecule has 0 aliphatic carbocycles. The molecule has 0 aromatic heterocycles. The van der Waals surface area contributed by atoms with E-state index in [1.54, 1.807) is 12.1 Å². The third kappa shape index (κ3) is 3.83. The highest BCUT2D eigenvalue weighted by atomic mass is 16.5. The van der Waals surface area contributed by atoms with Crippen LogP contribution in [0.1, 0.15) is 29.8 Å². The molecule has 2 aromatic carbocycles. The second-order valence-electron chi connectivity index (χ2n) is 6.50. The molecule has 1 aliphatic rings. The molecule has 126 valence electrons. The summed E-state index contributed by atoms with van der Waals surface area (Å²) in [5.41, 5.74) is 3.25. The summed E-state index contributed by atoms with van der Waals surface area (Å²) in [6.45, 7) is 6.98. The maximum absolute atomic E-state index is 11.4. The van der Waals surface area contributed by atoms with Crippen molar-refractivity contribution in [1.82, 2.24) is 4.90 Å². The first-order valence-corrected chi connectivity index (χ1v) is 8.32. The first kappa shape index (κ1) is 16.7. The Morgan fingerprint density at radius 1 is 1.08 bits per heavy atom. The minimum absolute atomic E-state index is 0.260. The number of carbonyl (C=O) groups is 1. The molecule has 3 rings (SSSR count). The van der Waals surface area contributed by atoms with Crippen LogP contribution in [0.25, 0.3) is 11.1 Å². The summed E-state index contributed by atoms with van der Waals surface area (Å²) in [6, 6.07) is 15.3. The Bertz CT molecular complexity index is 701. The molecule has 0 saturated carbocycles. The molecule has 4 heteroatoms. The summed E-state index contributed by atoms with van der Waals surface area (Å²) in [5.74, 6) is -0.897. The largest absolute Gasteiger partial charge is 0.478 e. The van der Waals surface area contributed by atoms with Gasteiger partial charge in [0.25, 0.3) is 0 Å². The Balaban J connectivity index is 1.75. The predicted octanol–water partition coefficient (Wildman–Crippen LogP) is 3.66. The Morgan fingerprint density at radius 3 is 2.33 bits per heavy atom.